The second kappa shape index (κ2) is 7.17. The molecule has 1 N–H and O–H groups in total. The third-order valence-corrected chi connectivity index (χ3v) is 3.22. The van der Waals surface area contributed by atoms with Crippen molar-refractivity contribution in [2.24, 2.45) is 0 Å². The molecule has 0 bridgehead atoms. The van der Waals surface area contributed by atoms with Crippen molar-refractivity contribution in [2.45, 2.75) is 32.7 Å². The van der Waals surface area contributed by atoms with Crippen molar-refractivity contribution < 1.29 is 4.79 Å². The maximum atomic E-state index is 12.0. The van der Waals surface area contributed by atoms with E-state index >= 15 is 0 Å². The Bertz CT molecular complexity index is 634. The zero-order valence-corrected chi connectivity index (χ0v) is 14.1. The van der Waals surface area contributed by atoms with Crippen LogP contribution in [0.3, 0.4) is 0 Å². The van der Waals surface area contributed by atoms with Crippen LogP contribution in [0.15, 0.2) is 36.9 Å². The van der Waals surface area contributed by atoms with E-state index in [0.29, 0.717) is 11.5 Å². The molecule has 122 valence electrons. The molecule has 2 heterocycles. The minimum Gasteiger partial charge on any atom is -0.347 e. The Labute approximate surface area is 137 Å². The van der Waals surface area contributed by atoms with Gasteiger partial charge in [-0.2, -0.15) is 0 Å². The highest BCUT2D eigenvalue weighted by Crippen LogP contribution is 2.08. The molecule has 0 saturated heterocycles. The first-order chi connectivity index (χ1) is 10.8. The van der Waals surface area contributed by atoms with Crippen LogP contribution in [0.1, 0.15) is 36.7 Å². The number of nitrogens with zero attached hydrogens (tertiary/aromatic N) is 4. The molecule has 6 heteroatoms. The molecular weight excluding hydrogens is 290 g/mol. The first kappa shape index (κ1) is 16.9. The number of aromatic nitrogens is 3. The lowest BCUT2D eigenvalue weighted by molar-refractivity contribution is 0.0919. The molecule has 0 aliphatic carbocycles. The molecule has 0 aromatic carbocycles. The lowest BCUT2D eigenvalue weighted by atomic mass is 10.1. The predicted molar refractivity (Wildman–Crippen MR) is 90.5 cm³/mol. The fourth-order valence-electron chi connectivity index (χ4n) is 1.99. The van der Waals surface area contributed by atoms with Gasteiger partial charge < -0.3 is 10.2 Å². The topological polar surface area (TPSA) is 71.0 Å². The van der Waals surface area contributed by atoms with Crippen LogP contribution in [0.5, 0.6) is 0 Å². The van der Waals surface area contributed by atoms with Crippen molar-refractivity contribution in [3.05, 3.63) is 48.0 Å². The van der Waals surface area contributed by atoms with Gasteiger partial charge in [-0.1, -0.05) is 0 Å². The van der Waals surface area contributed by atoms with E-state index in [0.717, 1.165) is 13.0 Å². The Morgan fingerprint density at radius 1 is 1.17 bits per heavy atom. The molecule has 2 aromatic rings. The van der Waals surface area contributed by atoms with Gasteiger partial charge in [0.25, 0.3) is 5.91 Å². The summed E-state index contributed by atoms with van der Waals surface area (Å²) < 4.78 is 0. The van der Waals surface area contributed by atoms with Crippen molar-refractivity contribution >= 4 is 11.9 Å². The lowest BCUT2D eigenvalue weighted by Gasteiger charge is -2.20. The molecule has 0 aliphatic heterocycles. The fourth-order valence-corrected chi connectivity index (χ4v) is 1.99. The average molecular weight is 313 g/mol. The van der Waals surface area contributed by atoms with E-state index in [-0.39, 0.29) is 11.4 Å². The van der Waals surface area contributed by atoms with E-state index in [4.69, 9.17) is 0 Å². The van der Waals surface area contributed by atoms with E-state index in [1.165, 1.54) is 5.56 Å². The summed E-state index contributed by atoms with van der Waals surface area (Å²) in [4.78, 5) is 26.6. The summed E-state index contributed by atoms with van der Waals surface area (Å²) in [6, 6.07) is 3.99. The van der Waals surface area contributed by atoms with Crippen LogP contribution < -0.4 is 10.2 Å². The largest absolute Gasteiger partial charge is 0.347 e. The highest BCUT2D eigenvalue weighted by molar-refractivity contribution is 5.94. The maximum absolute atomic E-state index is 12.0. The van der Waals surface area contributed by atoms with Crippen molar-refractivity contribution in [1.82, 2.24) is 20.3 Å². The van der Waals surface area contributed by atoms with Crippen molar-refractivity contribution in [2.75, 3.05) is 18.5 Å². The van der Waals surface area contributed by atoms with Gasteiger partial charge in [0.2, 0.25) is 5.95 Å². The van der Waals surface area contributed by atoms with Gasteiger partial charge in [0.15, 0.2) is 0 Å². The van der Waals surface area contributed by atoms with Crippen molar-refractivity contribution in [1.29, 1.82) is 0 Å². The first-order valence-corrected chi connectivity index (χ1v) is 7.60. The number of amides is 1. The number of carbonyl (C=O) groups excluding carboxylic acids is 1. The SMILES string of the molecule is CN(CCc1ccncc1)c1ncc(C(=O)NC(C)(C)C)cn1. The van der Waals surface area contributed by atoms with E-state index in [2.05, 4.69) is 20.3 Å². The molecule has 6 nitrogen and oxygen atoms in total. The van der Waals surface area contributed by atoms with E-state index in [1.54, 1.807) is 24.8 Å². The van der Waals surface area contributed by atoms with Crippen LogP contribution in [0.25, 0.3) is 0 Å². The van der Waals surface area contributed by atoms with E-state index in [9.17, 15) is 4.79 Å². The van der Waals surface area contributed by atoms with Crippen LogP contribution in [-0.2, 0) is 6.42 Å². The van der Waals surface area contributed by atoms with Crippen LogP contribution >= 0.6 is 0 Å². The summed E-state index contributed by atoms with van der Waals surface area (Å²) in [7, 11) is 1.94. The number of pyridine rings is 1. The minimum absolute atomic E-state index is 0.163. The molecule has 0 spiro atoms. The summed E-state index contributed by atoms with van der Waals surface area (Å²) in [5, 5.41) is 2.89. The monoisotopic (exact) mass is 313 g/mol. The molecule has 23 heavy (non-hydrogen) atoms. The molecule has 2 rings (SSSR count). The predicted octanol–water partition coefficient (Wildman–Crippen LogP) is 2.08. The average Bonchev–Trinajstić information content (AvgIpc) is 2.52. The zero-order chi connectivity index (χ0) is 16.9. The Kier molecular flexibility index (Phi) is 5.26. The second-order valence-corrected chi connectivity index (χ2v) is 6.50. The minimum atomic E-state index is -0.281. The number of hydrogen-bond acceptors (Lipinski definition) is 5. The number of rotatable bonds is 5. The smallest absolute Gasteiger partial charge is 0.254 e. The fraction of sp³-hybridized carbons (Fsp3) is 0.412. The summed E-state index contributed by atoms with van der Waals surface area (Å²) in [6.07, 6.45) is 7.58. The summed E-state index contributed by atoms with van der Waals surface area (Å²) >= 11 is 0. The highest BCUT2D eigenvalue weighted by atomic mass is 16.1. The van der Waals surface area contributed by atoms with Gasteiger partial charge in [-0.15, -0.1) is 0 Å². The molecule has 0 saturated carbocycles. The van der Waals surface area contributed by atoms with Gasteiger partial charge in [-0.25, -0.2) is 9.97 Å². The molecule has 0 fully saturated rings. The molecular formula is C17H23N5O. The van der Waals surface area contributed by atoms with Gasteiger partial charge in [-0.05, 0) is 44.9 Å². The quantitative estimate of drug-likeness (QED) is 0.915. The molecule has 1 amide bonds. The second-order valence-electron chi connectivity index (χ2n) is 6.50. The third kappa shape index (κ3) is 5.32. The molecule has 0 aliphatic rings. The van der Waals surface area contributed by atoms with Gasteiger partial charge >= 0.3 is 0 Å². The molecule has 0 unspecified atom stereocenters. The van der Waals surface area contributed by atoms with Gasteiger partial charge in [0.05, 0.1) is 5.56 Å². The number of likely N-dealkylation sites (N-methyl/N-ethyl adjacent to an activating group) is 1. The van der Waals surface area contributed by atoms with Gasteiger partial charge in [0, 0.05) is 43.9 Å². The van der Waals surface area contributed by atoms with Crippen molar-refractivity contribution in [3.63, 3.8) is 0 Å². The maximum Gasteiger partial charge on any atom is 0.254 e. The third-order valence-electron chi connectivity index (χ3n) is 3.22. The summed E-state index contributed by atoms with van der Waals surface area (Å²) in [6.45, 7) is 6.60. The normalized spacial score (nSPS) is 11.1. The number of anilines is 1. The van der Waals surface area contributed by atoms with E-state index in [1.807, 2.05) is 44.9 Å². The summed E-state index contributed by atoms with van der Waals surface area (Å²) in [5.74, 6) is 0.440. The highest BCUT2D eigenvalue weighted by Gasteiger charge is 2.16. The number of hydrogen-bond donors (Lipinski definition) is 1. The molecule has 0 radical (unpaired) electrons. The molecule has 2 aromatic heterocycles. The van der Waals surface area contributed by atoms with Crippen LogP contribution in [0.4, 0.5) is 5.95 Å². The number of nitrogens with one attached hydrogen (secondary N) is 1. The first-order valence-electron chi connectivity index (χ1n) is 7.60. The van der Waals surface area contributed by atoms with Crippen LogP contribution in [-0.4, -0.2) is 40.0 Å². The zero-order valence-electron chi connectivity index (χ0n) is 14.1. The van der Waals surface area contributed by atoms with E-state index < -0.39 is 0 Å². The van der Waals surface area contributed by atoms with Gasteiger partial charge in [-0.3, -0.25) is 9.78 Å². The Morgan fingerprint density at radius 3 is 2.35 bits per heavy atom. The van der Waals surface area contributed by atoms with Gasteiger partial charge in [0.1, 0.15) is 0 Å². The number of carbonyl (C=O) groups is 1. The molecule has 0 atom stereocenters. The van der Waals surface area contributed by atoms with Crippen molar-refractivity contribution in [3.8, 4) is 0 Å². The Hall–Kier alpha value is -2.50. The Morgan fingerprint density at radius 2 is 1.78 bits per heavy atom. The van der Waals surface area contributed by atoms with Crippen LogP contribution in [0.2, 0.25) is 0 Å². The standard InChI is InChI=1S/C17H23N5O/c1-17(2,3)21-15(23)14-11-19-16(20-12-14)22(4)10-7-13-5-8-18-9-6-13/h5-6,8-9,11-12H,7,10H2,1-4H3,(H,21,23). The summed E-state index contributed by atoms with van der Waals surface area (Å²) in [5.41, 5.74) is 1.40. The van der Waals surface area contributed by atoms with Crippen LogP contribution in [0, 0.1) is 0 Å². The lowest BCUT2D eigenvalue weighted by Crippen LogP contribution is -2.40. The Balaban J connectivity index is 1.94.